The molecule has 0 radical (unpaired) electrons. The molecule has 3 nitrogen and oxygen atoms in total. The summed E-state index contributed by atoms with van der Waals surface area (Å²) >= 11 is 4.56. The molecule has 0 atom stereocenters. The molecule has 0 aromatic rings. The Kier molecular flexibility index (Phi) is 7.51. The van der Waals surface area contributed by atoms with Crippen LogP contribution in [0, 0.1) is 5.41 Å². The summed E-state index contributed by atoms with van der Waals surface area (Å²) in [4.78, 5) is 2.48. The Hall–Kier alpha value is 0.230. The van der Waals surface area contributed by atoms with Gasteiger partial charge in [0.25, 0.3) is 0 Å². The molecular weight excluding hydrogens is 234 g/mol. The van der Waals surface area contributed by atoms with E-state index in [2.05, 4.69) is 24.5 Å². The third-order valence-corrected chi connectivity index (χ3v) is 4.32. The van der Waals surface area contributed by atoms with Gasteiger partial charge in [0, 0.05) is 32.9 Å². The summed E-state index contributed by atoms with van der Waals surface area (Å²) in [7, 11) is 0. The highest BCUT2D eigenvalue weighted by atomic mass is 32.1. The summed E-state index contributed by atoms with van der Waals surface area (Å²) in [6.45, 7) is 10.9. The predicted molar refractivity (Wildman–Crippen MR) is 74.9 cm³/mol. The molecule has 0 aliphatic carbocycles. The lowest BCUT2D eigenvalue weighted by Gasteiger charge is -2.39. The molecule has 0 amide bonds. The van der Waals surface area contributed by atoms with Crippen molar-refractivity contribution >= 4 is 12.6 Å². The van der Waals surface area contributed by atoms with Crippen molar-refractivity contribution in [2.45, 2.75) is 26.7 Å². The van der Waals surface area contributed by atoms with E-state index >= 15 is 0 Å². The molecular formula is C13H27NO2S. The van der Waals surface area contributed by atoms with E-state index in [0.717, 1.165) is 64.7 Å². The van der Waals surface area contributed by atoms with E-state index in [1.807, 2.05) is 6.92 Å². The fourth-order valence-corrected chi connectivity index (χ4v) is 2.75. The van der Waals surface area contributed by atoms with Crippen LogP contribution in [0.5, 0.6) is 0 Å². The van der Waals surface area contributed by atoms with Gasteiger partial charge in [-0.3, -0.25) is 0 Å². The zero-order valence-corrected chi connectivity index (χ0v) is 12.2. The van der Waals surface area contributed by atoms with Gasteiger partial charge < -0.3 is 14.4 Å². The largest absolute Gasteiger partial charge is 0.381 e. The van der Waals surface area contributed by atoms with Gasteiger partial charge >= 0.3 is 0 Å². The molecule has 0 spiro atoms. The first-order valence-corrected chi connectivity index (χ1v) is 7.38. The van der Waals surface area contributed by atoms with Crippen LogP contribution in [0.25, 0.3) is 0 Å². The van der Waals surface area contributed by atoms with Crippen LogP contribution < -0.4 is 0 Å². The topological polar surface area (TPSA) is 21.7 Å². The number of rotatable bonds is 8. The van der Waals surface area contributed by atoms with Gasteiger partial charge in [-0.25, -0.2) is 0 Å². The monoisotopic (exact) mass is 261 g/mol. The van der Waals surface area contributed by atoms with E-state index in [1.54, 1.807) is 0 Å². The molecule has 4 heteroatoms. The summed E-state index contributed by atoms with van der Waals surface area (Å²) in [5.74, 6) is 0.960. The van der Waals surface area contributed by atoms with Crippen LogP contribution in [0.2, 0.25) is 0 Å². The van der Waals surface area contributed by atoms with Crippen molar-refractivity contribution in [2.75, 3.05) is 51.8 Å². The van der Waals surface area contributed by atoms with E-state index in [1.165, 1.54) is 0 Å². The quantitative estimate of drug-likeness (QED) is 0.534. The van der Waals surface area contributed by atoms with Gasteiger partial charge in [-0.15, -0.1) is 0 Å². The Labute approximate surface area is 111 Å². The van der Waals surface area contributed by atoms with Crippen LogP contribution in [0.15, 0.2) is 0 Å². The normalized spacial score (nSPS) is 19.8. The molecule has 0 N–H and O–H groups in total. The average Bonchev–Trinajstić information content (AvgIpc) is 2.39. The molecule has 0 saturated carbocycles. The lowest BCUT2D eigenvalue weighted by atomic mass is 9.81. The minimum absolute atomic E-state index is 0.351. The molecule has 17 heavy (non-hydrogen) atoms. The van der Waals surface area contributed by atoms with Gasteiger partial charge in [-0.05, 0) is 37.5 Å². The van der Waals surface area contributed by atoms with Crippen molar-refractivity contribution in [3.8, 4) is 0 Å². The number of hydrogen-bond acceptors (Lipinski definition) is 4. The summed E-state index contributed by atoms with van der Waals surface area (Å²) < 4.78 is 10.9. The Morgan fingerprint density at radius 2 is 2.00 bits per heavy atom. The first kappa shape index (κ1) is 15.3. The minimum Gasteiger partial charge on any atom is -0.381 e. The maximum absolute atomic E-state index is 5.46. The van der Waals surface area contributed by atoms with Gasteiger partial charge in [-0.2, -0.15) is 12.6 Å². The lowest BCUT2D eigenvalue weighted by Crippen LogP contribution is -2.43. The highest BCUT2D eigenvalue weighted by Crippen LogP contribution is 2.32. The lowest BCUT2D eigenvalue weighted by molar-refractivity contribution is 0.00379. The summed E-state index contributed by atoms with van der Waals surface area (Å²) in [5, 5.41) is 0. The number of nitrogens with zero attached hydrogens (tertiary/aromatic N) is 1. The Bertz CT molecular complexity index is 196. The molecule has 0 unspecified atom stereocenters. The third kappa shape index (κ3) is 5.16. The Morgan fingerprint density at radius 1 is 1.29 bits per heavy atom. The number of likely N-dealkylation sites (N-methyl/N-ethyl adjacent to an activating group) is 1. The molecule has 1 fully saturated rings. The van der Waals surface area contributed by atoms with Crippen molar-refractivity contribution in [1.29, 1.82) is 0 Å². The van der Waals surface area contributed by atoms with Crippen molar-refractivity contribution in [2.24, 2.45) is 5.41 Å². The summed E-state index contributed by atoms with van der Waals surface area (Å²) in [6, 6.07) is 0. The zero-order chi connectivity index (χ0) is 12.6. The van der Waals surface area contributed by atoms with E-state index < -0.39 is 0 Å². The molecule has 1 saturated heterocycles. The highest BCUT2D eigenvalue weighted by Gasteiger charge is 2.32. The third-order valence-electron chi connectivity index (χ3n) is 3.65. The molecule has 1 heterocycles. The summed E-state index contributed by atoms with van der Waals surface area (Å²) in [6.07, 6.45) is 2.28. The second kappa shape index (κ2) is 8.35. The Morgan fingerprint density at radius 3 is 2.53 bits per heavy atom. The van der Waals surface area contributed by atoms with Gasteiger partial charge in [0.2, 0.25) is 0 Å². The predicted octanol–water partition coefficient (Wildman–Crippen LogP) is 2.07. The highest BCUT2D eigenvalue weighted by molar-refractivity contribution is 7.80. The maximum Gasteiger partial charge on any atom is 0.0593 e. The van der Waals surface area contributed by atoms with E-state index in [-0.39, 0.29) is 0 Å². The van der Waals surface area contributed by atoms with Gasteiger partial charge in [-0.1, -0.05) is 6.92 Å². The fraction of sp³-hybridized carbons (Fsp3) is 1.00. The maximum atomic E-state index is 5.46. The molecule has 0 aromatic heterocycles. The van der Waals surface area contributed by atoms with Crippen LogP contribution in [-0.4, -0.2) is 56.7 Å². The number of ether oxygens (including phenoxy) is 2. The first-order chi connectivity index (χ1) is 8.26. The van der Waals surface area contributed by atoms with Crippen LogP contribution in [0.1, 0.15) is 26.7 Å². The smallest absolute Gasteiger partial charge is 0.0593 e. The van der Waals surface area contributed by atoms with Crippen LogP contribution in [0.4, 0.5) is 0 Å². The molecule has 1 rings (SSSR count). The van der Waals surface area contributed by atoms with Crippen molar-refractivity contribution < 1.29 is 9.47 Å². The molecule has 102 valence electrons. The van der Waals surface area contributed by atoms with Gasteiger partial charge in [0.1, 0.15) is 0 Å². The molecule has 1 aliphatic heterocycles. The fourth-order valence-electron chi connectivity index (χ4n) is 2.33. The minimum atomic E-state index is 0.351. The van der Waals surface area contributed by atoms with E-state index in [0.29, 0.717) is 5.41 Å². The SMILES string of the molecule is CCOCCN(CC)CC1(CS)CCOCC1. The number of thiol groups is 1. The standard InChI is InChI=1S/C13H27NO2S/c1-3-14(7-10-15-4-2)11-13(12-17)5-8-16-9-6-13/h17H,3-12H2,1-2H3. The van der Waals surface area contributed by atoms with Crippen molar-refractivity contribution in [1.82, 2.24) is 4.90 Å². The Balaban J connectivity index is 2.40. The van der Waals surface area contributed by atoms with Crippen LogP contribution in [-0.2, 0) is 9.47 Å². The first-order valence-electron chi connectivity index (χ1n) is 6.75. The van der Waals surface area contributed by atoms with Crippen LogP contribution in [0.3, 0.4) is 0 Å². The molecule has 1 aliphatic rings. The summed E-state index contributed by atoms with van der Waals surface area (Å²) in [5.41, 5.74) is 0.351. The van der Waals surface area contributed by atoms with Crippen molar-refractivity contribution in [3.63, 3.8) is 0 Å². The molecule has 0 aromatic carbocycles. The van der Waals surface area contributed by atoms with E-state index in [4.69, 9.17) is 9.47 Å². The zero-order valence-electron chi connectivity index (χ0n) is 11.3. The van der Waals surface area contributed by atoms with E-state index in [9.17, 15) is 0 Å². The van der Waals surface area contributed by atoms with Gasteiger partial charge in [0.15, 0.2) is 0 Å². The number of hydrogen-bond donors (Lipinski definition) is 1. The van der Waals surface area contributed by atoms with Gasteiger partial charge in [0.05, 0.1) is 6.61 Å². The van der Waals surface area contributed by atoms with Crippen LogP contribution >= 0.6 is 12.6 Å². The second-order valence-corrected chi connectivity index (χ2v) is 5.15. The van der Waals surface area contributed by atoms with Crippen molar-refractivity contribution in [3.05, 3.63) is 0 Å². The second-order valence-electron chi connectivity index (χ2n) is 4.84. The molecule has 0 bridgehead atoms. The average molecular weight is 261 g/mol.